The molecule has 0 amide bonds. The lowest BCUT2D eigenvalue weighted by Gasteiger charge is -2.16. The molecule has 6 rings (SSSR count). The van der Waals surface area contributed by atoms with Crippen LogP contribution in [-0.4, -0.2) is 5.78 Å². The number of rotatable bonds is 15. The molecule has 0 atom stereocenters. The molecule has 6 aromatic carbocycles. The third kappa shape index (κ3) is 9.49. The highest BCUT2D eigenvalue weighted by molar-refractivity contribution is 6.10. The van der Waals surface area contributed by atoms with E-state index in [-0.39, 0.29) is 5.78 Å². The molecule has 0 spiro atoms. The maximum Gasteiger partial charge on any atom is 0.193 e. The molecular formula is C44H38O5. The zero-order valence-corrected chi connectivity index (χ0v) is 27.5. The van der Waals surface area contributed by atoms with E-state index in [4.69, 9.17) is 18.9 Å². The fourth-order valence-electron chi connectivity index (χ4n) is 5.25. The van der Waals surface area contributed by atoms with Crippen molar-refractivity contribution in [3.63, 3.8) is 0 Å². The monoisotopic (exact) mass is 646 g/mol. The van der Waals surface area contributed by atoms with E-state index >= 15 is 0 Å². The first-order valence-electron chi connectivity index (χ1n) is 16.3. The van der Waals surface area contributed by atoms with Crippen LogP contribution >= 0.6 is 0 Å². The molecule has 5 heteroatoms. The minimum absolute atomic E-state index is 0.234. The molecule has 0 aliphatic heterocycles. The Morgan fingerprint density at radius 1 is 0.469 bits per heavy atom. The summed E-state index contributed by atoms with van der Waals surface area (Å²) in [6.45, 7) is 3.38. The van der Waals surface area contributed by atoms with Gasteiger partial charge in [-0.15, -0.1) is 0 Å². The van der Waals surface area contributed by atoms with Crippen molar-refractivity contribution in [1.82, 2.24) is 0 Å². The molecule has 0 N–H and O–H groups in total. The molecule has 0 aliphatic carbocycles. The molecule has 49 heavy (non-hydrogen) atoms. The average Bonchev–Trinajstić information content (AvgIpc) is 3.15. The molecular weight excluding hydrogens is 608 g/mol. The average molecular weight is 647 g/mol. The van der Waals surface area contributed by atoms with Crippen LogP contribution in [0, 0.1) is 6.92 Å². The fourth-order valence-corrected chi connectivity index (χ4v) is 5.25. The van der Waals surface area contributed by atoms with Gasteiger partial charge in [0.05, 0.1) is 0 Å². The molecule has 0 bridgehead atoms. The highest BCUT2D eigenvalue weighted by Gasteiger charge is 2.19. The van der Waals surface area contributed by atoms with Crippen molar-refractivity contribution in [2.75, 3.05) is 0 Å². The van der Waals surface area contributed by atoms with E-state index in [1.165, 1.54) is 0 Å². The highest BCUT2D eigenvalue weighted by Crippen LogP contribution is 2.34. The number of carbonyl (C=O) groups is 1. The first-order chi connectivity index (χ1) is 24.1. The third-order valence-electron chi connectivity index (χ3n) is 7.80. The Morgan fingerprint density at radius 3 is 1.29 bits per heavy atom. The van der Waals surface area contributed by atoms with Gasteiger partial charge in [-0.1, -0.05) is 133 Å². The maximum atomic E-state index is 14.0. The maximum absolute atomic E-state index is 14.0. The summed E-state index contributed by atoms with van der Waals surface area (Å²) in [5.74, 6) is 1.91. The summed E-state index contributed by atoms with van der Waals surface area (Å²) in [7, 11) is 0. The molecule has 0 aliphatic rings. The minimum atomic E-state index is -0.234. The van der Waals surface area contributed by atoms with Crippen molar-refractivity contribution < 1.29 is 23.7 Å². The van der Waals surface area contributed by atoms with Gasteiger partial charge in [-0.3, -0.25) is 4.79 Å². The van der Waals surface area contributed by atoms with E-state index in [9.17, 15) is 4.79 Å². The Labute approximate surface area is 288 Å². The van der Waals surface area contributed by atoms with E-state index in [0.717, 1.165) is 33.4 Å². The smallest absolute Gasteiger partial charge is 0.193 e. The van der Waals surface area contributed by atoms with Gasteiger partial charge in [0.1, 0.15) is 43.5 Å². The van der Waals surface area contributed by atoms with Gasteiger partial charge in [0.25, 0.3) is 0 Å². The second-order valence-corrected chi connectivity index (χ2v) is 11.6. The zero-order valence-electron chi connectivity index (χ0n) is 27.5. The fraction of sp³-hybridized carbons (Fsp3) is 0.114. The summed E-state index contributed by atoms with van der Waals surface area (Å²) >= 11 is 0. The lowest BCUT2D eigenvalue weighted by Crippen LogP contribution is -2.07. The summed E-state index contributed by atoms with van der Waals surface area (Å²) < 4.78 is 25.0. The SMILES string of the molecule is Cc1cc(OCc2ccccc2)c(C(=O)/C=C/c2ccc(OCc3ccccc3)c(OCc3ccccc3)c2)c(OCc2ccccc2)c1. The molecule has 0 heterocycles. The van der Waals surface area contributed by atoms with Crippen LogP contribution in [0.4, 0.5) is 0 Å². The summed E-state index contributed by atoms with van der Waals surface area (Å²) in [6, 6.07) is 49.2. The molecule has 5 nitrogen and oxygen atoms in total. The zero-order chi connectivity index (χ0) is 33.7. The molecule has 0 fully saturated rings. The predicted octanol–water partition coefficient (Wildman–Crippen LogP) is 10.2. The van der Waals surface area contributed by atoms with Gasteiger partial charge in [-0.2, -0.15) is 0 Å². The van der Waals surface area contributed by atoms with Crippen molar-refractivity contribution in [1.29, 1.82) is 0 Å². The standard InChI is InChI=1S/C44H38O5/c1-33-26-42(48-31-37-18-10-4-11-19-37)44(43(27-33)49-32-38-20-12-5-13-21-38)39(45)24-22-34-23-25-40(46-29-35-14-6-2-7-15-35)41(28-34)47-30-36-16-8-3-9-17-36/h2-28H,29-32H2,1H3/b24-22+. The number of allylic oxidation sites excluding steroid dienone is 1. The molecule has 244 valence electrons. The summed E-state index contributed by atoms with van der Waals surface area (Å²) in [6.07, 6.45) is 3.33. The lowest BCUT2D eigenvalue weighted by molar-refractivity contribution is 0.103. The molecule has 6 aromatic rings. The minimum Gasteiger partial charge on any atom is -0.488 e. The van der Waals surface area contributed by atoms with Gasteiger partial charge in [-0.25, -0.2) is 0 Å². The van der Waals surface area contributed by atoms with Crippen LogP contribution in [0.25, 0.3) is 6.08 Å². The van der Waals surface area contributed by atoms with Gasteiger partial charge >= 0.3 is 0 Å². The van der Waals surface area contributed by atoms with Crippen molar-refractivity contribution in [2.24, 2.45) is 0 Å². The van der Waals surface area contributed by atoms with Crippen molar-refractivity contribution in [3.8, 4) is 23.0 Å². The summed E-state index contributed by atoms with van der Waals surface area (Å²) in [5.41, 5.74) is 6.19. The molecule has 0 unspecified atom stereocenters. The van der Waals surface area contributed by atoms with Gasteiger partial charge in [0.2, 0.25) is 0 Å². The second kappa shape index (κ2) is 16.7. The van der Waals surface area contributed by atoms with Crippen LogP contribution in [0.2, 0.25) is 0 Å². The van der Waals surface area contributed by atoms with Crippen LogP contribution < -0.4 is 18.9 Å². The highest BCUT2D eigenvalue weighted by atomic mass is 16.5. The third-order valence-corrected chi connectivity index (χ3v) is 7.80. The van der Waals surface area contributed by atoms with E-state index in [0.29, 0.717) is 55.0 Å². The molecule has 0 saturated heterocycles. The number of benzene rings is 6. The number of hydrogen-bond acceptors (Lipinski definition) is 5. The van der Waals surface area contributed by atoms with Gasteiger partial charge in [0.15, 0.2) is 17.3 Å². The van der Waals surface area contributed by atoms with E-state index in [2.05, 4.69) is 0 Å². The van der Waals surface area contributed by atoms with Gasteiger partial charge in [0, 0.05) is 0 Å². The number of hydrogen-bond donors (Lipinski definition) is 0. The molecule has 0 saturated carbocycles. The predicted molar refractivity (Wildman–Crippen MR) is 194 cm³/mol. The largest absolute Gasteiger partial charge is 0.488 e. The molecule has 0 radical (unpaired) electrons. The van der Waals surface area contributed by atoms with Crippen molar-refractivity contribution >= 4 is 11.9 Å². The number of ketones is 1. The van der Waals surface area contributed by atoms with Gasteiger partial charge in [-0.05, 0) is 70.6 Å². The Bertz CT molecular complexity index is 1910. The van der Waals surface area contributed by atoms with E-state index in [1.54, 1.807) is 12.2 Å². The van der Waals surface area contributed by atoms with Crippen LogP contribution in [0.1, 0.15) is 43.7 Å². The Balaban J connectivity index is 1.27. The van der Waals surface area contributed by atoms with E-state index in [1.807, 2.05) is 159 Å². The quantitative estimate of drug-likeness (QED) is 0.0821. The van der Waals surface area contributed by atoms with Crippen LogP contribution in [-0.2, 0) is 26.4 Å². The summed E-state index contributed by atoms with van der Waals surface area (Å²) in [5, 5.41) is 0. The van der Waals surface area contributed by atoms with Crippen molar-refractivity contribution in [3.05, 3.63) is 197 Å². The lowest BCUT2D eigenvalue weighted by atomic mass is 10.0. The number of ether oxygens (including phenoxy) is 4. The number of aryl methyl sites for hydroxylation is 1. The number of carbonyl (C=O) groups excluding carboxylic acids is 1. The van der Waals surface area contributed by atoms with Crippen LogP contribution in [0.3, 0.4) is 0 Å². The Hall–Kier alpha value is -6.07. The normalized spacial score (nSPS) is 10.9. The van der Waals surface area contributed by atoms with E-state index < -0.39 is 0 Å². The Kier molecular flexibility index (Phi) is 11.2. The van der Waals surface area contributed by atoms with Crippen LogP contribution in [0.15, 0.2) is 158 Å². The molecule has 0 aromatic heterocycles. The first kappa shape index (κ1) is 32.9. The second-order valence-electron chi connectivity index (χ2n) is 11.6. The van der Waals surface area contributed by atoms with Crippen molar-refractivity contribution in [2.45, 2.75) is 33.4 Å². The summed E-state index contributed by atoms with van der Waals surface area (Å²) in [4.78, 5) is 14.0. The van der Waals surface area contributed by atoms with Crippen LogP contribution in [0.5, 0.6) is 23.0 Å². The topological polar surface area (TPSA) is 54.0 Å². The first-order valence-corrected chi connectivity index (χ1v) is 16.3. The van der Waals surface area contributed by atoms with Gasteiger partial charge < -0.3 is 18.9 Å². The Morgan fingerprint density at radius 2 is 0.857 bits per heavy atom.